The van der Waals surface area contributed by atoms with E-state index >= 15 is 0 Å². The van der Waals surface area contributed by atoms with Crippen molar-refractivity contribution in [3.05, 3.63) is 59.0 Å². The topological polar surface area (TPSA) is 73.9 Å². The van der Waals surface area contributed by atoms with Crippen molar-refractivity contribution in [2.45, 2.75) is 26.1 Å². The van der Waals surface area contributed by atoms with Crippen LogP contribution in [0.3, 0.4) is 0 Å². The molecule has 0 aliphatic carbocycles. The molecule has 1 aromatic carbocycles. The molecule has 4 heterocycles. The van der Waals surface area contributed by atoms with E-state index in [1.807, 2.05) is 13.2 Å². The van der Waals surface area contributed by atoms with Crippen molar-refractivity contribution >= 4 is 5.82 Å². The standard InChI is InChI=1S/C20H19N7/c1-25-9-16(8-22-25)19-23-18-12-26(13-21)11-17(18)20(24-19)27-7-6-14-4-2-3-5-15(14)10-27/h2-5,8-9H,6-7,10-12H2,1H3. The predicted octanol–water partition coefficient (Wildman–Crippen LogP) is 2.24. The van der Waals surface area contributed by atoms with Crippen LogP contribution in [0.5, 0.6) is 0 Å². The molecule has 7 heteroatoms. The number of benzene rings is 1. The first kappa shape index (κ1) is 15.8. The molecule has 5 rings (SSSR count). The molecule has 0 radical (unpaired) electrons. The summed E-state index contributed by atoms with van der Waals surface area (Å²) in [6.45, 7) is 2.86. The summed E-state index contributed by atoms with van der Waals surface area (Å²) in [5, 5.41) is 13.6. The average molecular weight is 357 g/mol. The summed E-state index contributed by atoms with van der Waals surface area (Å²) < 4.78 is 1.75. The lowest BCUT2D eigenvalue weighted by molar-refractivity contribution is 0.415. The number of rotatable bonds is 2. The van der Waals surface area contributed by atoms with E-state index in [0.717, 1.165) is 42.1 Å². The summed E-state index contributed by atoms with van der Waals surface area (Å²) in [6, 6.07) is 8.58. The summed E-state index contributed by atoms with van der Waals surface area (Å²) in [4.78, 5) is 13.7. The molecule has 0 N–H and O–H groups in total. The van der Waals surface area contributed by atoms with Crippen LogP contribution in [0, 0.1) is 11.5 Å². The number of aryl methyl sites for hydroxylation is 1. The van der Waals surface area contributed by atoms with Gasteiger partial charge in [-0.2, -0.15) is 10.4 Å². The van der Waals surface area contributed by atoms with E-state index in [0.29, 0.717) is 18.9 Å². The van der Waals surface area contributed by atoms with Crippen LogP contribution in [0.15, 0.2) is 36.7 Å². The molecule has 27 heavy (non-hydrogen) atoms. The predicted molar refractivity (Wildman–Crippen MR) is 100 cm³/mol. The third kappa shape index (κ3) is 2.70. The second-order valence-corrected chi connectivity index (χ2v) is 7.10. The molecule has 2 aliphatic heterocycles. The van der Waals surface area contributed by atoms with Crippen LogP contribution in [-0.2, 0) is 33.1 Å². The lowest BCUT2D eigenvalue weighted by Crippen LogP contribution is -2.32. The minimum absolute atomic E-state index is 0.541. The molecular weight excluding hydrogens is 338 g/mol. The molecule has 0 amide bonds. The van der Waals surface area contributed by atoms with Crippen LogP contribution in [0.2, 0.25) is 0 Å². The van der Waals surface area contributed by atoms with Gasteiger partial charge in [0.2, 0.25) is 0 Å². The van der Waals surface area contributed by atoms with Crippen molar-refractivity contribution in [1.29, 1.82) is 5.26 Å². The molecule has 3 aromatic rings. The maximum absolute atomic E-state index is 9.36. The van der Waals surface area contributed by atoms with E-state index in [4.69, 9.17) is 9.97 Å². The van der Waals surface area contributed by atoms with Crippen LogP contribution in [0.1, 0.15) is 22.4 Å². The molecule has 0 atom stereocenters. The fourth-order valence-corrected chi connectivity index (χ4v) is 3.91. The number of nitrogens with zero attached hydrogens (tertiary/aromatic N) is 7. The second kappa shape index (κ2) is 6.09. The Labute approximate surface area is 157 Å². The summed E-state index contributed by atoms with van der Waals surface area (Å²) in [7, 11) is 1.89. The number of aromatic nitrogens is 4. The molecular formula is C20H19N7. The summed E-state index contributed by atoms with van der Waals surface area (Å²) in [5.74, 6) is 1.63. The third-order valence-electron chi connectivity index (χ3n) is 5.30. The third-order valence-corrected chi connectivity index (χ3v) is 5.30. The number of hydrogen-bond acceptors (Lipinski definition) is 6. The monoisotopic (exact) mass is 357 g/mol. The maximum atomic E-state index is 9.36. The molecule has 2 aliphatic rings. The zero-order valence-corrected chi connectivity index (χ0v) is 15.1. The van der Waals surface area contributed by atoms with E-state index in [1.54, 1.807) is 15.8 Å². The van der Waals surface area contributed by atoms with Gasteiger partial charge < -0.3 is 9.80 Å². The summed E-state index contributed by atoms with van der Waals surface area (Å²) in [6.07, 6.45) is 6.96. The normalized spacial score (nSPS) is 15.4. The van der Waals surface area contributed by atoms with Crippen LogP contribution < -0.4 is 4.90 Å². The molecule has 0 fully saturated rings. The Bertz CT molecular complexity index is 1060. The Morgan fingerprint density at radius 2 is 1.93 bits per heavy atom. The molecule has 0 bridgehead atoms. The Morgan fingerprint density at radius 3 is 2.70 bits per heavy atom. The maximum Gasteiger partial charge on any atom is 0.180 e. The summed E-state index contributed by atoms with van der Waals surface area (Å²) in [5.41, 5.74) is 5.66. The number of anilines is 1. The Balaban J connectivity index is 1.59. The van der Waals surface area contributed by atoms with Gasteiger partial charge in [0.25, 0.3) is 0 Å². The van der Waals surface area contributed by atoms with E-state index in [1.165, 1.54) is 11.1 Å². The highest BCUT2D eigenvalue weighted by Crippen LogP contribution is 2.33. The van der Waals surface area contributed by atoms with E-state index < -0.39 is 0 Å². The molecule has 134 valence electrons. The molecule has 0 saturated carbocycles. The fraction of sp³-hybridized carbons (Fsp3) is 0.300. The van der Waals surface area contributed by atoms with Gasteiger partial charge in [0.1, 0.15) is 5.82 Å². The van der Waals surface area contributed by atoms with Crippen LogP contribution in [-0.4, -0.2) is 31.2 Å². The first-order chi connectivity index (χ1) is 13.2. The van der Waals surface area contributed by atoms with Crippen molar-refractivity contribution < 1.29 is 0 Å². The van der Waals surface area contributed by atoms with Crippen molar-refractivity contribution in [3.63, 3.8) is 0 Å². The highest BCUT2D eigenvalue weighted by molar-refractivity contribution is 5.61. The van der Waals surface area contributed by atoms with E-state index in [2.05, 4.69) is 40.5 Å². The van der Waals surface area contributed by atoms with Gasteiger partial charge >= 0.3 is 0 Å². The van der Waals surface area contributed by atoms with Crippen molar-refractivity contribution in [3.8, 4) is 17.6 Å². The lowest BCUT2D eigenvalue weighted by Gasteiger charge is -2.31. The van der Waals surface area contributed by atoms with Gasteiger partial charge in [-0.1, -0.05) is 24.3 Å². The molecule has 7 nitrogen and oxygen atoms in total. The minimum atomic E-state index is 0.541. The average Bonchev–Trinajstić information content (AvgIpc) is 3.32. The van der Waals surface area contributed by atoms with Gasteiger partial charge in [-0.25, -0.2) is 9.97 Å². The Kier molecular flexibility index (Phi) is 3.57. The number of nitriles is 1. The van der Waals surface area contributed by atoms with Crippen molar-refractivity contribution in [1.82, 2.24) is 24.6 Å². The van der Waals surface area contributed by atoms with Gasteiger partial charge in [0.15, 0.2) is 12.0 Å². The highest BCUT2D eigenvalue weighted by atomic mass is 15.3. The fourth-order valence-electron chi connectivity index (χ4n) is 3.91. The number of hydrogen-bond donors (Lipinski definition) is 0. The first-order valence-corrected chi connectivity index (χ1v) is 9.06. The van der Waals surface area contributed by atoms with Crippen LogP contribution in [0.25, 0.3) is 11.4 Å². The zero-order chi connectivity index (χ0) is 18.4. The summed E-state index contributed by atoms with van der Waals surface area (Å²) >= 11 is 0. The first-order valence-electron chi connectivity index (χ1n) is 9.06. The van der Waals surface area contributed by atoms with Gasteiger partial charge in [0.05, 0.1) is 30.5 Å². The molecule has 0 unspecified atom stereocenters. The Morgan fingerprint density at radius 1 is 1.07 bits per heavy atom. The minimum Gasteiger partial charge on any atom is -0.352 e. The van der Waals surface area contributed by atoms with E-state index in [-0.39, 0.29) is 0 Å². The van der Waals surface area contributed by atoms with Crippen LogP contribution >= 0.6 is 0 Å². The van der Waals surface area contributed by atoms with Gasteiger partial charge in [-0.3, -0.25) is 4.68 Å². The van der Waals surface area contributed by atoms with E-state index in [9.17, 15) is 5.26 Å². The highest BCUT2D eigenvalue weighted by Gasteiger charge is 2.29. The second-order valence-electron chi connectivity index (χ2n) is 7.10. The molecule has 0 saturated heterocycles. The largest absolute Gasteiger partial charge is 0.352 e. The SMILES string of the molecule is Cn1cc(-c2nc3c(c(N4CCc5ccccc5C4)n2)CN(C#N)C3)cn1. The van der Waals surface area contributed by atoms with Gasteiger partial charge in [0, 0.05) is 31.9 Å². The molecule has 2 aromatic heterocycles. The molecule has 0 spiro atoms. The number of fused-ring (bicyclic) bond motifs is 2. The smallest absolute Gasteiger partial charge is 0.180 e. The van der Waals surface area contributed by atoms with Crippen molar-refractivity contribution in [2.75, 3.05) is 11.4 Å². The zero-order valence-electron chi connectivity index (χ0n) is 15.1. The Hall–Kier alpha value is -3.40. The van der Waals surface area contributed by atoms with Gasteiger partial charge in [-0.05, 0) is 17.5 Å². The van der Waals surface area contributed by atoms with Crippen LogP contribution in [0.4, 0.5) is 5.82 Å². The van der Waals surface area contributed by atoms with Crippen molar-refractivity contribution in [2.24, 2.45) is 7.05 Å². The quantitative estimate of drug-likeness (QED) is 0.655. The lowest BCUT2D eigenvalue weighted by atomic mass is 9.99. The van der Waals surface area contributed by atoms with Gasteiger partial charge in [-0.15, -0.1) is 0 Å².